The summed E-state index contributed by atoms with van der Waals surface area (Å²) in [5.41, 5.74) is 2.36. The molecule has 0 saturated carbocycles. The van der Waals surface area contributed by atoms with Gasteiger partial charge in [0.05, 0.1) is 17.9 Å². The van der Waals surface area contributed by atoms with Crippen molar-refractivity contribution >= 4 is 5.52 Å². The standard InChI is InChI=1S/C15H24N4/c1-3-4-5-6-7-8-14(16-2)13-11-18-19-10-9-17-12-15(13)19/h9-12,14,16H,3-8H2,1-2H3. The molecule has 1 unspecified atom stereocenters. The Morgan fingerprint density at radius 1 is 1.21 bits per heavy atom. The summed E-state index contributed by atoms with van der Waals surface area (Å²) in [6.45, 7) is 2.25. The third kappa shape index (κ3) is 3.53. The molecule has 1 N–H and O–H groups in total. The van der Waals surface area contributed by atoms with E-state index >= 15 is 0 Å². The summed E-state index contributed by atoms with van der Waals surface area (Å²) in [5, 5.41) is 7.79. The van der Waals surface area contributed by atoms with Gasteiger partial charge in [-0.05, 0) is 13.5 Å². The molecule has 2 aromatic rings. The third-order valence-electron chi connectivity index (χ3n) is 3.67. The fourth-order valence-corrected chi connectivity index (χ4v) is 2.53. The van der Waals surface area contributed by atoms with Crippen molar-refractivity contribution in [3.05, 3.63) is 30.4 Å². The number of nitrogens with zero attached hydrogens (tertiary/aromatic N) is 3. The lowest BCUT2D eigenvalue weighted by Crippen LogP contribution is -2.16. The Hall–Kier alpha value is -1.42. The summed E-state index contributed by atoms with van der Waals surface area (Å²) in [5.74, 6) is 0. The molecule has 2 aromatic heterocycles. The maximum atomic E-state index is 4.38. The van der Waals surface area contributed by atoms with Gasteiger partial charge in [-0.1, -0.05) is 39.0 Å². The molecule has 0 aromatic carbocycles. The second-order valence-electron chi connectivity index (χ2n) is 5.05. The van der Waals surface area contributed by atoms with E-state index in [1.807, 2.05) is 30.2 Å². The van der Waals surface area contributed by atoms with E-state index in [9.17, 15) is 0 Å². The van der Waals surface area contributed by atoms with Gasteiger partial charge in [0.2, 0.25) is 0 Å². The Bertz CT molecular complexity index is 492. The highest BCUT2D eigenvalue weighted by atomic mass is 15.2. The first kappa shape index (κ1) is 14.0. The average molecular weight is 260 g/mol. The number of fused-ring (bicyclic) bond motifs is 1. The summed E-state index contributed by atoms with van der Waals surface area (Å²) in [6.07, 6.45) is 15.3. The summed E-state index contributed by atoms with van der Waals surface area (Å²) in [4.78, 5) is 4.19. The first-order valence-corrected chi connectivity index (χ1v) is 7.31. The zero-order chi connectivity index (χ0) is 13.5. The van der Waals surface area contributed by atoms with Crippen molar-refractivity contribution < 1.29 is 0 Å². The summed E-state index contributed by atoms with van der Waals surface area (Å²) in [6, 6.07) is 0.378. The predicted octanol–water partition coefficient (Wildman–Crippen LogP) is 3.35. The van der Waals surface area contributed by atoms with Crippen molar-refractivity contribution in [1.29, 1.82) is 0 Å². The van der Waals surface area contributed by atoms with E-state index in [1.165, 1.54) is 37.7 Å². The van der Waals surface area contributed by atoms with E-state index in [0.29, 0.717) is 6.04 Å². The molecule has 4 nitrogen and oxygen atoms in total. The highest BCUT2D eigenvalue weighted by molar-refractivity contribution is 5.53. The Morgan fingerprint density at radius 3 is 2.84 bits per heavy atom. The number of hydrogen-bond acceptors (Lipinski definition) is 3. The first-order valence-electron chi connectivity index (χ1n) is 7.31. The van der Waals surface area contributed by atoms with E-state index in [4.69, 9.17) is 0 Å². The van der Waals surface area contributed by atoms with Gasteiger partial charge < -0.3 is 5.32 Å². The van der Waals surface area contributed by atoms with Crippen LogP contribution in [0.15, 0.2) is 24.8 Å². The number of hydrogen-bond donors (Lipinski definition) is 1. The Balaban J connectivity index is 1.97. The molecule has 1 atom stereocenters. The van der Waals surface area contributed by atoms with E-state index in [1.54, 1.807) is 6.20 Å². The second-order valence-corrected chi connectivity index (χ2v) is 5.05. The number of aromatic nitrogens is 3. The normalized spacial score (nSPS) is 12.9. The number of unbranched alkanes of at least 4 members (excludes halogenated alkanes) is 4. The molecule has 19 heavy (non-hydrogen) atoms. The van der Waals surface area contributed by atoms with Crippen molar-refractivity contribution in [2.75, 3.05) is 7.05 Å². The largest absolute Gasteiger partial charge is 0.313 e. The van der Waals surface area contributed by atoms with Crippen LogP contribution in [0, 0.1) is 0 Å². The van der Waals surface area contributed by atoms with Gasteiger partial charge in [-0.3, -0.25) is 4.98 Å². The first-order chi connectivity index (χ1) is 9.36. The van der Waals surface area contributed by atoms with Gasteiger partial charge in [0.25, 0.3) is 0 Å². The Kier molecular flexibility index (Phi) is 5.33. The van der Waals surface area contributed by atoms with Crippen molar-refractivity contribution in [3.63, 3.8) is 0 Å². The topological polar surface area (TPSA) is 42.2 Å². The average Bonchev–Trinajstić information content (AvgIpc) is 2.87. The van der Waals surface area contributed by atoms with Crippen molar-refractivity contribution in [3.8, 4) is 0 Å². The van der Waals surface area contributed by atoms with E-state index < -0.39 is 0 Å². The SMILES string of the molecule is CCCCCCCC(NC)c1cnn2ccncc12. The quantitative estimate of drug-likeness (QED) is 0.740. The minimum atomic E-state index is 0.378. The van der Waals surface area contributed by atoms with Crippen LogP contribution in [0.4, 0.5) is 0 Å². The lowest BCUT2D eigenvalue weighted by atomic mass is 10.0. The molecule has 0 aliphatic carbocycles. The fourth-order valence-electron chi connectivity index (χ4n) is 2.53. The van der Waals surface area contributed by atoms with Gasteiger partial charge in [-0.25, -0.2) is 4.52 Å². The van der Waals surface area contributed by atoms with Gasteiger partial charge >= 0.3 is 0 Å². The molecule has 0 bridgehead atoms. The van der Waals surface area contributed by atoms with Gasteiger partial charge in [0, 0.05) is 24.0 Å². The zero-order valence-electron chi connectivity index (χ0n) is 12.0. The molecule has 2 heterocycles. The monoisotopic (exact) mass is 260 g/mol. The van der Waals surface area contributed by atoms with Gasteiger partial charge in [0.15, 0.2) is 0 Å². The third-order valence-corrected chi connectivity index (χ3v) is 3.67. The van der Waals surface area contributed by atoms with Crippen LogP contribution in [0.5, 0.6) is 0 Å². The second kappa shape index (κ2) is 7.24. The molecule has 0 radical (unpaired) electrons. The van der Waals surface area contributed by atoms with E-state index in [2.05, 4.69) is 22.3 Å². The lowest BCUT2D eigenvalue weighted by molar-refractivity contribution is 0.503. The van der Waals surface area contributed by atoms with Gasteiger partial charge in [-0.2, -0.15) is 5.10 Å². The zero-order valence-corrected chi connectivity index (χ0v) is 12.0. The molecule has 0 aliphatic heterocycles. The van der Waals surface area contributed by atoms with Crippen molar-refractivity contribution in [2.45, 2.75) is 51.5 Å². The highest BCUT2D eigenvalue weighted by Crippen LogP contribution is 2.23. The highest BCUT2D eigenvalue weighted by Gasteiger charge is 2.14. The molecule has 0 amide bonds. The van der Waals surface area contributed by atoms with E-state index in [0.717, 1.165) is 11.9 Å². The summed E-state index contributed by atoms with van der Waals surface area (Å²) < 4.78 is 1.89. The van der Waals surface area contributed by atoms with Crippen LogP contribution >= 0.6 is 0 Å². The molecule has 2 rings (SSSR count). The number of nitrogens with one attached hydrogen (secondary N) is 1. The van der Waals surface area contributed by atoms with Gasteiger partial charge in [-0.15, -0.1) is 0 Å². The summed E-state index contributed by atoms with van der Waals surface area (Å²) in [7, 11) is 2.02. The Labute approximate surface area is 115 Å². The smallest absolute Gasteiger partial charge is 0.0892 e. The van der Waals surface area contributed by atoms with Crippen LogP contribution < -0.4 is 5.32 Å². The molecular weight excluding hydrogens is 236 g/mol. The van der Waals surface area contributed by atoms with Gasteiger partial charge in [0.1, 0.15) is 0 Å². The molecule has 104 valence electrons. The maximum absolute atomic E-state index is 4.38. The predicted molar refractivity (Wildman–Crippen MR) is 78.2 cm³/mol. The molecular formula is C15H24N4. The van der Waals surface area contributed by atoms with Crippen LogP contribution in [-0.2, 0) is 0 Å². The number of rotatable bonds is 8. The lowest BCUT2D eigenvalue weighted by Gasteiger charge is -2.14. The Morgan fingerprint density at radius 2 is 2.05 bits per heavy atom. The molecule has 0 saturated heterocycles. The van der Waals surface area contributed by atoms with Crippen LogP contribution in [0.1, 0.15) is 57.1 Å². The minimum absolute atomic E-state index is 0.378. The summed E-state index contributed by atoms with van der Waals surface area (Å²) >= 11 is 0. The molecule has 0 fully saturated rings. The molecule has 4 heteroatoms. The van der Waals surface area contributed by atoms with Crippen LogP contribution in [0.25, 0.3) is 5.52 Å². The van der Waals surface area contributed by atoms with E-state index in [-0.39, 0.29) is 0 Å². The van der Waals surface area contributed by atoms with Crippen molar-refractivity contribution in [1.82, 2.24) is 19.9 Å². The molecule has 0 aliphatic rings. The molecule has 0 spiro atoms. The van der Waals surface area contributed by atoms with Crippen LogP contribution in [0.2, 0.25) is 0 Å². The van der Waals surface area contributed by atoms with Crippen LogP contribution in [0.3, 0.4) is 0 Å². The maximum Gasteiger partial charge on any atom is 0.0892 e. The van der Waals surface area contributed by atoms with Crippen LogP contribution in [-0.4, -0.2) is 21.6 Å². The van der Waals surface area contributed by atoms with Crippen molar-refractivity contribution in [2.24, 2.45) is 0 Å². The fraction of sp³-hybridized carbons (Fsp3) is 0.600. The minimum Gasteiger partial charge on any atom is -0.313 e.